The molecule has 0 bridgehead atoms. The summed E-state index contributed by atoms with van der Waals surface area (Å²) in [7, 11) is 0. The molecule has 0 aliphatic carbocycles. The van der Waals surface area contributed by atoms with Crippen molar-refractivity contribution in [2.24, 2.45) is 0 Å². The van der Waals surface area contributed by atoms with Gasteiger partial charge in [0.05, 0.1) is 12.2 Å². The van der Waals surface area contributed by atoms with Crippen molar-refractivity contribution in [1.82, 2.24) is 0 Å². The van der Waals surface area contributed by atoms with Gasteiger partial charge in [-0.05, 0) is 24.3 Å². The van der Waals surface area contributed by atoms with Crippen LogP contribution in [0.1, 0.15) is 22.2 Å². The van der Waals surface area contributed by atoms with E-state index in [9.17, 15) is 9.59 Å². The molecule has 2 aliphatic rings. The minimum absolute atomic E-state index is 0.176. The first-order valence-electron chi connectivity index (χ1n) is 11.9. The fourth-order valence-corrected chi connectivity index (χ4v) is 4.60. The highest BCUT2D eigenvalue weighted by atomic mass is 32.1. The number of fused-ring (bicyclic) bond motifs is 1. The van der Waals surface area contributed by atoms with Crippen molar-refractivity contribution in [3.63, 3.8) is 0 Å². The van der Waals surface area contributed by atoms with E-state index in [1.807, 2.05) is 36.4 Å². The summed E-state index contributed by atoms with van der Waals surface area (Å²) in [6.07, 6.45) is -4.16. The molecule has 8 nitrogen and oxygen atoms in total. The lowest BCUT2D eigenvalue weighted by Gasteiger charge is -2.47. The van der Waals surface area contributed by atoms with Crippen LogP contribution < -0.4 is 4.74 Å². The van der Waals surface area contributed by atoms with Gasteiger partial charge in [0.2, 0.25) is 0 Å². The summed E-state index contributed by atoms with van der Waals surface area (Å²) < 4.78 is 35.2. The Labute approximate surface area is 219 Å². The van der Waals surface area contributed by atoms with E-state index in [1.165, 1.54) is 0 Å². The highest BCUT2D eigenvalue weighted by Crippen LogP contribution is 2.37. The van der Waals surface area contributed by atoms with Crippen LogP contribution >= 0.6 is 12.6 Å². The molecule has 2 aliphatic heterocycles. The number of esters is 2. The first-order valence-corrected chi connectivity index (χ1v) is 12.4. The molecule has 3 aromatic rings. The van der Waals surface area contributed by atoms with Crippen molar-refractivity contribution in [3.05, 3.63) is 102 Å². The van der Waals surface area contributed by atoms with E-state index < -0.39 is 48.1 Å². The van der Waals surface area contributed by atoms with E-state index in [0.29, 0.717) is 11.3 Å². The summed E-state index contributed by atoms with van der Waals surface area (Å²) in [4.78, 5) is 25.8. The smallest absolute Gasteiger partial charge is 0.344 e. The number of para-hydroxylation sites is 1. The molecule has 0 N–H and O–H groups in total. The van der Waals surface area contributed by atoms with Gasteiger partial charge in [-0.15, -0.1) is 12.6 Å². The maximum atomic E-state index is 12.9. The number of thiol groups is 1. The van der Waals surface area contributed by atoms with Crippen LogP contribution in [0.15, 0.2) is 91.0 Å². The first-order chi connectivity index (χ1) is 18.1. The molecule has 2 saturated heterocycles. The zero-order valence-corrected chi connectivity index (χ0v) is 20.6. The number of carbonyl (C=O) groups excluding carboxylic acids is 2. The quantitative estimate of drug-likeness (QED) is 0.368. The van der Waals surface area contributed by atoms with E-state index in [2.05, 4.69) is 12.6 Å². The molecule has 2 fully saturated rings. The molecule has 0 saturated carbocycles. The van der Waals surface area contributed by atoms with Crippen LogP contribution in [0, 0.1) is 0 Å². The fraction of sp³-hybridized carbons (Fsp3) is 0.286. The summed E-state index contributed by atoms with van der Waals surface area (Å²) in [6.45, 7) is -0.164. The third-order valence-electron chi connectivity index (χ3n) is 5.99. The third-order valence-corrected chi connectivity index (χ3v) is 6.41. The standard InChI is InChI=1S/C28H26O8S/c29-22(17-31-20-14-8-3-9-15-20)34-24-23-21(16-32-27(36-23)19-12-6-2-7-13-19)33-28(37)25(24)35-26(30)18-10-4-1-5-11-18/h1-15,21,23-25,27-28,37H,16-17H2/t21-,23+,24+,25-,27+,28+/m1/s1. The van der Waals surface area contributed by atoms with Crippen LogP contribution in [-0.4, -0.2) is 55.0 Å². The van der Waals surface area contributed by atoms with Crippen LogP contribution in [0.5, 0.6) is 5.75 Å². The van der Waals surface area contributed by atoms with Crippen molar-refractivity contribution in [2.75, 3.05) is 13.2 Å². The van der Waals surface area contributed by atoms with Crippen molar-refractivity contribution < 1.29 is 38.0 Å². The second kappa shape index (κ2) is 11.8. The second-order valence-electron chi connectivity index (χ2n) is 8.53. The Morgan fingerprint density at radius 2 is 1.46 bits per heavy atom. The molecular formula is C28H26O8S. The highest BCUT2D eigenvalue weighted by Gasteiger charge is 2.53. The number of hydrogen-bond acceptors (Lipinski definition) is 9. The zero-order valence-electron chi connectivity index (χ0n) is 19.8. The Kier molecular flexibility index (Phi) is 8.05. The first kappa shape index (κ1) is 25.3. The van der Waals surface area contributed by atoms with Crippen LogP contribution in [0.3, 0.4) is 0 Å². The molecule has 0 radical (unpaired) electrons. The number of carbonyl (C=O) groups is 2. The van der Waals surface area contributed by atoms with Gasteiger partial charge in [0.25, 0.3) is 0 Å². The third kappa shape index (κ3) is 6.14. The van der Waals surface area contributed by atoms with Gasteiger partial charge in [-0.1, -0.05) is 66.7 Å². The van der Waals surface area contributed by atoms with Gasteiger partial charge in [0.15, 0.2) is 25.1 Å². The molecule has 192 valence electrons. The molecule has 0 amide bonds. The van der Waals surface area contributed by atoms with E-state index in [4.69, 9.17) is 28.4 Å². The second-order valence-corrected chi connectivity index (χ2v) is 9.04. The molecule has 9 heteroatoms. The van der Waals surface area contributed by atoms with E-state index in [0.717, 1.165) is 5.56 Å². The molecule has 0 spiro atoms. The molecule has 0 aromatic heterocycles. The number of hydrogen-bond donors (Lipinski definition) is 1. The Morgan fingerprint density at radius 1 is 0.811 bits per heavy atom. The van der Waals surface area contributed by atoms with E-state index in [-0.39, 0.29) is 13.2 Å². The van der Waals surface area contributed by atoms with Gasteiger partial charge >= 0.3 is 11.9 Å². The van der Waals surface area contributed by atoms with Gasteiger partial charge in [0.1, 0.15) is 23.4 Å². The Balaban J connectivity index is 1.36. The largest absolute Gasteiger partial charge is 0.482 e. The van der Waals surface area contributed by atoms with Crippen molar-refractivity contribution >= 4 is 24.6 Å². The summed E-state index contributed by atoms with van der Waals surface area (Å²) in [5, 5.41) is 0. The summed E-state index contributed by atoms with van der Waals surface area (Å²) >= 11 is 4.51. The van der Waals surface area contributed by atoms with Gasteiger partial charge in [-0.2, -0.15) is 0 Å². The number of rotatable bonds is 7. The van der Waals surface area contributed by atoms with E-state index >= 15 is 0 Å². The SMILES string of the molecule is O=C(COc1ccccc1)O[C@@H]1[C@@H](OC(=O)c2ccccc2)[C@H](S)O[C@@H]2CO[C@H](c3ccccc3)O[C@H]12. The number of ether oxygens (including phenoxy) is 6. The highest BCUT2D eigenvalue weighted by molar-refractivity contribution is 7.80. The molecule has 2 heterocycles. The molecular weight excluding hydrogens is 496 g/mol. The lowest BCUT2D eigenvalue weighted by Crippen LogP contribution is -2.62. The molecule has 3 aromatic carbocycles. The normalized spacial score (nSPS) is 26.9. The predicted octanol–water partition coefficient (Wildman–Crippen LogP) is 3.97. The summed E-state index contributed by atoms with van der Waals surface area (Å²) in [5.41, 5.74) is 0.254. The minimum Gasteiger partial charge on any atom is -0.482 e. The van der Waals surface area contributed by atoms with Crippen LogP contribution in [0.2, 0.25) is 0 Å². The van der Waals surface area contributed by atoms with Gasteiger partial charge in [-0.3, -0.25) is 0 Å². The average molecular weight is 523 g/mol. The van der Waals surface area contributed by atoms with Gasteiger partial charge in [-0.25, -0.2) is 9.59 Å². The topological polar surface area (TPSA) is 89.5 Å². The minimum atomic E-state index is -1.05. The monoisotopic (exact) mass is 522 g/mol. The molecule has 37 heavy (non-hydrogen) atoms. The molecule has 0 unspecified atom stereocenters. The van der Waals surface area contributed by atoms with Crippen molar-refractivity contribution in [3.8, 4) is 5.75 Å². The Morgan fingerprint density at radius 3 is 2.16 bits per heavy atom. The average Bonchev–Trinajstić information content (AvgIpc) is 2.95. The van der Waals surface area contributed by atoms with Crippen LogP contribution in [-0.2, 0) is 28.5 Å². The predicted molar refractivity (Wildman–Crippen MR) is 135 cm³/mol. The van der Waals surface area contributed by atoms with Gasteiger partial charge < -0.3 is 28.4 Å². The fourth-order valence-electron chi connectivity index (χ4n) is 4.21. The van der Waals surface area contributed by atoms with Crippen molar-refractivity contribution in [2.45, 2.75) is 36.1 Å². The number of benzene rings is 3. The van der Waals surface area contributed by atoms with Crippen LogP contribution in [0.25, 0.3) is 0 Å². The maximum Gasteiger partial charge on any atom is 0.344 e. The molecule has 6 atom stereocenters. The van der Waals surface area contributed by atoms with Crippen LogP contribution in [0.4, 0.5) is 0 Å². The maximum absolute atomic E-state index is 12.9. The summed E-state index contributed by atoms with van der Waals surface area (Å²) in [6, 6.07) is 26.8. The Bertz CT molecular complexity index is 1180. The van der Waals surface area contributed by atoms with E-state index in [1.54, 1.807) is 54.6 Å². The lowest BCUT2D eigenvalue weighted by atomic mass is 9.98. The molecule has 5 rings (SSSR count). The van der Waals surface area contributed by atoms with Gasteiger partial charge in [0, 0.05) is 5.56 Å². The van der Waals surface area contributed by atoms with Crippen molar-refractivity contribution in [1.29, 1.82) is 0 Å². The summed E-state index contributed by atoms with van der Waals surface area (Å²) in [5.74, 6) is -0.725. The lowest BCUT2D eigenvalue weighted by molar-refractivity contribution is -0.319. The Hall–Kier alpha value is -3.37. The zero-order chi connectivity index (χ0) is 25.6.